The Labute approximate surface area is 175 Å². The van der Waals surface area contributed by atoms with Gasteiger partial charge in [0.2, 0.25) is 0 Å². The van der Waals surface area contributed by atoms with Gasteiger partial charge in [-0.15, -0.1) is 0 Å². The van der Waals surface area contributed by atoms with E-state index >= 15 is 0 Å². The van der Waals surface area contributed by atoms with Crippen LogP contribution in [0.2, 0.25) is 0 Å². The van der Waals surface area contributed by atoms with Crippen LogP contribution in [0.25, 0.3) is 0 Å². The lowest BCUT2D eigenvalue weighted by molar-refractivity contribution is -0.385. The zero-order chi connectivity index (χ0) is 21.1. The second-order valence-electron chi connectivity index (χ2n) is 7.38. The van der Waals surface area contributed by atoms with Gasteiger partial charge in [0, 0.05) is 49.2 Å². The number of ether oxygens (including phenoxy) is 2. The summed E-state index contributed by atoms with van der Waals surface area (Å²) in [7, 11) is 3.26. The molecule has 0 bridgehead atoms. The van der Waals surface area contributed by atoms with E-state index < -0.39 is 0 Å². The van der Waals surface area contributed by atoms with Gasteiger partial charge in [-0.25, -0.2) is 0 Å². The Morgan fingerprint density at radius 3 is 2.70 bits per heavy atom. The highest BCUT2D eigenvalue weighted by Crippen LogP contribution is 2.36. The van der Waals surface area contributed by atoms with Crippen molar-refractivity contribution in [3.8, 4) is 11.5 Å². The number of hydrogen-bond donors (Lipinski definition) is 0. The SMILES string of the molecule is COc1cccc(C2c3cccn3CCCN2Cc2cc([N+](=O)[O-])ccc2OC)c1. The molecule has 2 heterocycles. The van der Waals surface area contributed by atoms with E-state index in [2.05, 4.69) is 39.9 Å². The fourth-order valence-corrected chi connectivity index (χ4v) is 4.22. The molecule has 1 unspecified atom stereocenters. The van der Waals surface area contributed by atoms with Gasteiger partial charge in [0.1, 0.15) is 11.5 Å². The zero-order valence-corrected chi connectivity index (χ0v) is 17.2. The number of methoxy groups -OCH3 is 2. The standard InChI is InChI=1S/C23H25N3O4/c1-29-20-7-3-6-17(15-20)23-21-8-4-11-24(21)12-5-13-25(23)16-18-14-19(26(27)28)9-10-22(18)30-2/h3-4,6-11,14-15,23H,5,12-13,16H2,1-2H3. The van der Waals surface area contributed by atoms with Crippen LogP contribution in [0, 0.1) is 10.1 Å². The minimum absolute atomic E-state index is 0.00145. The number of benzene rings is 2. The van der Waals surface area contributed by atoms with Crippen molar-refractivity contribution < 1.29 is 14.4 Å². The van der Waals surface area contributed by atoms with Crippen molar-refractivity contribution in [2.75, 3.05) is 20.8 Å². The largest absolute Gasteiger partial charge is 0.497 e. The molecule has 0 radical (unpaired) electrons. The van der Waals surface area contributed by atoms with Crippen LogP contribution in [-0.2, 0) is 13.1 Å². The first-order valence-electron chi connectivity index (χ1n) is 9.95. The van der Waals surface area contributed by atoms with Gasteiger partial charge in [-0.1, -0.05) is 12.1 Å². The average molecular weight is 407 g/mol. The van der Waals surface area contributed by atoms with Gasteiger partial charge < -0.3 is 14.0 Å². The highest BCUT2D eigenvalue weighted by atomic mass is 16.6. The molecule has 2 aromatic carbocycles. The molecule has 1 aromatic heterocycles. The van der Waals surface area contributed by atoms with Gasteiger partial charge in [-0.2, -0.15) is 0 Å². The molecule has 7 heteroatoms. The minimum atomic E-state index is -0.365. The molecule has 0 fully saturated rings. The van der Waals surface area contributed by atoms with Gasteiger partial charge >= 0.3 is 0 Å². The van der Waals surface area contributed by atoms with Crippen LogP contribution in [0.5, 0.6) is 11.5 Å². The summed E-state index contributed by atoms with van der Waals surface area (Å²) >= 11 is 0. The molecule has 0 aliphatic carbocycles. The fraction of sp³-hybridized carbons (Fsp3) is 0.304. The Hall–Kier alpha value is -3.32. The van der Waals surface area contributed by atoms with Crippen molar-refractivity contribution in [3.63, 3.8) is 0 Å². The summed E-state index contributed by atoms with van der Waals surface area (Å²) in [6.45, 7) is 2.33. The van der Waals surface area contributed by atoms with Gasteiger partial charge in [-0.3, -0.25) is 15.0 Å². The van der Waals surface area contributed by atoms with Gasteiger partial charge in [0.05, 0.1) is 25.2 Å². The normalized spacial score (nSPS) is 16.5. The van der Waals surface area contributed by atoms with Crippen LogP contribution in [0.15, 0.2) is 60.8 Å². The maximum atomic E-state index is 11.3. The molecule has 0 N–H and O–H groups in total. The van der Waals surface area contributed by atoms with Crippen LogP contribution >= 0.6 is 0 Å². The Morgan fingerprint density at radius 1 is 1.07 bits per heavy atom. The lowest BCUT2D eigenvalue weighted by Gasteiger charge is -2.31. The van der Waals surface area contributed by atoms with Crippen molar-refractivity contribution in [3.05, 3.63) is 87.7 Å². The van der Waals surface area contributed by atoms with Crippen molar-refractivity contribution in [1.82, 2.24) is 9.47 Å². The minimum Gasteiger partial charge on any atom is -0.497 e. The first-order chi connectivity index (χ1) is 14.6. The number of aromatic nitrogens is 1. The van der Waals surface area contributed by atoms with Crippen molar-refractivity contribution in [2.45, 2.75) is 25.6 Å². The number of nitro groups is 1. The number of non-ortho nitro benzene ring substituents is 1. The Balaban J connectivity index is 1.77. The molecular formula is C23H25N3O4. The zero-order valence-electron chi connectivity index (χ0n) is 17.2. The summed E-state index contributed by atoms with van der Waals surface area (Å²) in [4.78, 5) is 13.3. The number of fused-ring (bicyclic) bond motifs is 1. The summed E-state index contributed by atoms with van der Waals surface area (Å²) in [5.41, 5.74) is 3.20. The number of hydrogen-bond acceptors (Lipinski definition) is 5. The lowest BCUT2D eigenvalue weighted by Crippen LogP contribution is -2.29. The third kappa shape index (κ3) is 3.89. The smallest absolute Gasteiger partial charge is 0.270 e. The van der Waals surface area contributed by atoms with Crippen molar-refractivity contribution in [1.29, 1.82) is 0 Å². The predicted molar refractivity (Wildman–Crippen MR) is 114 cm³/mol. The van der Waals surface area contributed by atoms with Crippen LogP contribution < -0.4 is 9.47 Å². The molecule has 0 spiro atoms. The Bertz CT molecular complexity index is 1050. The maximum Gasteiger partial charge on any atom is 0.270 e. The van der Waals surface area contributed by atoms with Gasteiger partial charge in [-0.05, 0) is 42.3 Å². The van der Waals surface area contributed by atoms with E-state index in [0.29, 0.717) is 12.3 Å². The fourth-order valence-electron chi connectivity index (χ4n) is 4.22. The quantitative estimate of drug-likeness (QED) is 0.447. The molecule has 1 atom stereocenters. The first kappa shape index (κ1) is 20.0. The maximum absolute atomic E-state index is 11.3. The van der Waals surface area contributed by atoms with Crippen LogP contribution in [-0.4, -0.2) is 35.2 Å². The van der Waals surface area contributed by atoms with Crippen LogP contribution in [0.1, 0.15) is 29.3 Å². The number of nitro benzene ring substituents is 1. The van der Waals surface area contributed by atoms with Crippen molar-refractivity contribution in [2.24, 2.45) is 0 Å². The van der Waals surface area contributed by atoms with Crippen molar-refractivity contribution >= 4 is 5.69 Å². The molecular weight excluding hydrogens is 382 g/mol. The second-order valence-corrected chi connectivity index (χ2v) is 7.38. The average Bonchev–Trinajstić information content (AvgIpc) is 3.15. The predicted octanol–water partition coefficient (Wildman–Crippen LogP) is 4.41. The molecule has 3 aromatic rings. The summed E-state index contributed by atoms with van der Waals surface area (Å²) in [6, 6.07) is 17.1. The molecule has 30 heavy (non-hydrogen) atoms. The third-order valence-electron chi connectivity index (χ3n) is 5.61. The van der Waals surface area contributed by atoms with Gasteiger partial charge in [0.25, 0.3) is 5.69 Å². The number of aryl methyl sites for hydroxylation is 1. The van der Waals surface area contributed by atoms with Crippen LogP contribution in [0.3, 0.4) is 0 Å². The van der Waals surface area contributed by atoms with E-state index in [9.17, 15) is 10.1 Å². The molecule has 7 nitrogen and oxygen atoms in total. The third-order valence-corrected chi connectivity index (χ3v) is 5.61. The topological polar surface area (TPSA) is 69.8 Å². The molecule has 156 valence electrons. The van der Waals surface area contributed by atoms with E-state index in [1.165, 1.54) is 11.8 Å². The van der Waals surface area contributed by atoms with E-state index in [4.69, 9.17) is 9.47 Å². The van der Waals surface area contributed by atoms with E-state index in [1.807, 2.05) is 12.1 Å². The van der Waals surface area contributed by atoms with E-state index in [0.717, 1.165) is 36.4 Å². The molecule has 4 rings (SSSR count). The molecule has 0 amide bonds. The Morgan fingerprint density at radius 2 is 1.93 bits per heavy atom. The van der Waals surface area contributed by atoms with E-state index in [-0.39, 0.29) is 16.7 Å². The van der Waals surface area contributed by atoms with Crippen LogP contribution in [0.4, 0.5) is 5.69 Å². The molecule has 0 saturated heterocycles. The molecule has 1 aliphatic heterocycles. The van der Waals surface area contributed by atoms with E-state index in [1.54, 1.807) is 26.4 Å². The summed E-state index contributed by atoms with van der Waals surface area (Å²) in [5, 5.41) is 11.3. The summed E-state index contributed by atoms with van der Waals surface area (Å²) in [5.74, 6) is 1.47. The number of nitrogens with zero attached hydrogens (tertiary/aromatic N) is 3. The monoisotopic (exact) mass is 407 g/mol. The van der Waals surface area contributed by atoms with Gasteiger partial charge in [0.15, 0.2) is 0 Å². The molecule has 0 saturated carbocycles. The Kier molecular flexibility index (Phi) is 5.72. The number of rotatable bonds is 6. The highest BCUT2D eigenvalue weighted by molar-refractivity contribution is 5.44. The second kappa shape index (κ2) is 8.59. The first-order valence-corrected chi connectivity index (χ1v) is 9.95. The summed E-state index contributed by atoms with van der Waals surface area (Å²) in [6.07, 6.45) is 3.10. The summed E-state index contributed by atoms with van der Waals surface area (Å²) < 4.78 is 13.3. The highest BCUT2D eigenvalue weighted by Gasteiger charge is 2.28. The lowest BCUT2D eigenvalue weighted by atomic mass is 10.0. The molecule has 1 aliphatic rings.